The van der Waals surface area contributed by atoms with E-state index in [2.05, 4.69) is 10.3 Å². The number of carbonyl (C=O) groups excluding carboxylic acids is 2. The number of benzene rings is 1. The Kier molecular flexibility index (Phi) is 3.82. The first-order valence-electron chi connectivity index (χ1n) is 7.72. The molecule has 4 rings (SSSR count). The fourth-order valence-corrected chi connectivity index (χ4v) is 5.09. The summed E-state index contributed by atoms with van der Waals surface area (Å²) in [7, 11) is 0. The lowest BCUT2D eigenvalue weighted by molar-refractivity contribution is 0.100. The Labute approximate surface area is 146 Å². The van der Waals surface area contributed by atoms with Gasteiger partial charge in [0.05, 0.1) is 21.3 Å². The monoisotopic (exact) mass is 357 g/mol. The quantitative estimate of drug-likeness (QED) is 0.751. The maximum atomic E-state index is 12.6. The van der Waals surface area contributed by atoms with Crippen LogP contribution in [0.5, 0.6) is 0 Å². The van der Waals surface area contributed by atoms with Crippen molar-refractivity contribution in [1.29, 1.82) is 0 Å². The van der Waals surface area contributed by atoms with Crippen LogP contribution < -0.4 is 11.1 Å². The number of nitrogens with zero attached hydrogens (tertiary/aromatic N) is 1. The van der Waals surface area contributed by atoms with Gasteiger partial charge in [-0.2, -0.15) is 0 Å². The van der Waals surface area contributed by atoms with Gasteiger partial charge in [-0.3, -0.25) is 9.59 Å². The van der Waals surface area contributed by atoms with Crippen LogP contribution in [0.15, 0.2) is 23.7 Å². The predicted molar refractivity (Wildman–Crippen MR) is 97.1 cm³/mol. The van der Waals surface area contributed by atoms with E-state index in [1.54, 1.807) is 11.6 Å². The van der Waals surface area contributed by atoms with E-state index < -0.39 is 5.91 Å². The van der Waals surface area contributed by atoms with Gasteiger partial charge in [0.1, 0.15) is 5.00 Å². The van der Waals surface area contributed by atoms with Crippen molar-refractivity contribution < 1.29 is 9.59 Å². The van der Waals surface area contributed by atoms with Crippen molar-refractivity contribution in [1.82, 2.24) is 4.98 Å². The first-order valence-corrected chi connectivity index (χ1v) is 9.42. The number of hydrogen-bond donors (Lipinski definition) is 2. The van der Waals surface area contributed by atoms with Gasteiger partial charge in [0.25, 0.3) is 11.8 Å². The molecule has 24 heavy (non-hydrogen) atoms. The van der Waals surface area contributed by atoms with Gasteiger partial charge < -0.3 is 11.1 Å². The van der Waals surface area contributed by atoms with Crippen molar-refractivity contribution in [2.24, 2.45) is 5.73 Å². The largest absolute Gasteiger partial charge is 0.365 e. The first-order chi connectivity index (χ1) is 11.6. The van der Waals surface area contributed by atoms with Crippen molar-refractivity contribution in [2.75, 3.05) is 5.32 Å². The molecule has 122 valence electrons. The van der Waals surface area contributed by atoms with E-state index in [9.17, 15) is 9.59 Å². The Hall–Kier alpha value is -2.25. The number of aromatic nitrogens is 1. The second-order valence-corrected chi connectivity index (χ2v) is 7.76. The number of primary amides is 1. The minimum atomic E-state index is -0.470. The van der Waals surface area contributed by atoms with E-state index in [-0.39, 0.29) is 5.91 Å². The number of thiophene rings is 1. The van der Waals surface area contributed by atoms with Crippen LogP contribution in [-0.4, -0.2) is 16.8 Å². The van der Waals surface area contributed by atoms with Crippen LogP contribution >= 0.6 is 22.7 Å². The molecule has 2 heterocycles. The molecule has 1 aliphatic carbocycles. The van der Waals surface area contributed by atoms with Gasteiger partial charge in [-0.1, -0.05) is 0 Å². The SMILES string of the molecule is NC(=O)c1c(NC(=O)c2ccc3ncsc3c2)sc2c1CCCC2. The molecule has 1 aromatic carbocycles. The number of aryl methyl sites for hydroxylation is 1. The van der Waals surface area contributed by atoms with Crippen LogP contribution in [0.1, 0.15) is 44.0 Å². The molecule has 5 nitrogen and oxygen atoms in total. The predicted octanol–water partition coefficient (Wildman–Crippen LogP) is 3.59. The van der Waals surface area contributed by atoms with E-state index in [0.717, 1.165) is 41.5 Å². The Morgan fingerprint density at radius 1 is 1.21 bits per heavy atom. The summed E-state index contributed by atoms with van der Waals surface area (Å²) >= 11 is 2.97. The normalized spacial score (nSPS) is 13.7. The highest BCUT2D eigenvalue weighted by atomic mass is 32.1. The van der Waals surface area contributed by atoms with E-state index >= 15 is 0 Å². The molecule has 0 radical (unpaired) electrons. The fraction of sp³-hybridized carbons (Fsp3) is 0.235. The van der Waals surface area contributed by atoms with Crippen LogP contribution in [0.25, 0.3) is 10.2 Å². The summed E-state index contributed by atoms with van der Waals surface area (Å²) in [6.45, 7) is 0. The highest BCUT2D eigenvalue weighted by molar-refractivity contribution is 7.17. The van der Waals surface area contributed by atoms with Crippen LogP contribution in [0, 0.1) is 0 Å². The number of fused-ring (bicyclic) bond motifs is 2. The van der Waals surface area contributed by atoms with Gasteiger partial charge >= 0.3 is 0 Å². The maximum absolute atomic E-state index is 12.6. The Balaban J connectivity index is 1.68. The molecule has 0 unspecified atom stereocenters. The maximum Gasteiger partial charge on any atom is 0.256 e. The highest BCUT2D eigenvalue weighted by Crippen LogP contribution is 2.38. The summed E-state index contributed by atoms with van der Waals surface area (Å²) in [6, 6.07) is 5.39. The molecule has 0 saturated heterocycles. The third-order valence-corrected chi connectivity index (χ3v) is 6.24. The highest BCUT2D eigenvalue weighted by Gasteiger charge is 2.25. The van der Waals surface area contributed by atoms with Crippen molar-refractivity contribution in [3.05, 3.63) is 45.3 Å². The summed E-state index contributed by atoms with van der Waals surface area (Å²) in [5.74, 6) is -0.700. The second-order valence-electron chi connectivity index (χ2n) is 5.77. The van der Waals surface area contributed by atoms with E-state index in [4.69, 9.17) is 5.73 Å². The molecular weight excluding hydrogens is 342 g/mol. The molecule has 0 atom stereocenters. The second kappa shape index (κ2) is 5.99. The van der Waals surface area contributed by atoms with E-state index in [1.165, 1.54) is 27.6 Å². The zero-order valence-corrected chi connectivity index (χ0v) is 14.4. The van der Waals surface area contributed by atoms with Crippen LogP contribution in [0.4, 0.5) is 5.00 Å². The van der Waals surface area contributed by atoms with Crippen LogP contribution in [0.3, 0.4) is 0 Å². The standard InChI is InChI=1S/C17H15N3O2S2/c18-15(21)14-10-3-1-2-4-12(10)24-17(14)20-16(22)9-5-6-11-13(7-9)23-8-19-11/h5-8H,1-4H2,(H2,18,21)(H,20,22). The fourth-order valence-electron chi connectivity index (χ4n) is 3.09. The summed E-state index contributed by atoms with van der Waals surface area (Å²) in [4.78, 5) is 29.9. The minimum Gasteiger partial charge on any atom is -0.365 e. The molecular formula is C17H15N3O2S2. The van der Waals surface area contributed by atoms with Crippen molar-refractivity contribution in [2.45, 2.75) is 25.7 Å². The minimum absolute atomic E-state index is 0.230. The molecule has 3 N–H and O–H groups in total. The van der Waals surface area contributed by atoms with Gasteiger partial charge in [0.15, 0.2) is 0 Å². The topological polar surface area (TPSA) is 85.1 Å². The Bertz CT molecular complexity index is 958. The van der Waals surface area contributed by atoms with Crippen LogP contribution in [0.2, 0.25) is 0 Å². The van der Waals surface area contributed by atoms with E-state index in [0.29, 0.717) is 16.1 Å². The molecule has 3 aromatic rings. The molecule has 7 heteroatoms. The number of nitrogens with two attached hydrogens (primary N) is 1. The van der Waals surface area contributed by atoms with Crippen molar-refractivity contribution in [3.8, 4) is 0 Å². The smallest absolute Gasteiger partial charge is 0.256 e. The summed E-state index contributed by atoms with van der Waals surface area (Å²) in [5.41, 5.74) is 10.3. The number of thiazole rings is 1. The third-order valence-electron chi connectivity index (χ3n) is 4.24. The summed E-state index contributed by atoms with van der Waals surface area (Å²) < 4.78 is 0.961. The summed E-state index contributed by atoms with van der Waals surface area (Å²) in [6.07, 6.45) is 3.97. The zero-order valence-electron chi connectivity index (χ0n) is 12.8. The van der Waals surface area contributed by atoms with Gasteiger partial charge in [-0.15, -0.1) is 22.7 Å². The number of nitrogens with one attached hydrogen (secondary N) is 1. The van der Waals surface area contributed by atoms with E-state index in [1.807, 2.05) is 12.1 Å². The molecule has 2 aromatic heterocycles. The van der Waals surface area contributed by atoms with Gasteiger partial charge in [-0.25, -0.2) is 4.98 Å². The number of rotatable bonds is 3. The molecule has 0 bridgehead atoms. The molecule has 0 fully saturated rings. The first kappa shape index (κ1) is 15.3. The molecule has 0 saturated carbocycles. The number of anilines is 1. The average molecular weight is 357 g/mol. The average Bonchev–Trinajstić information content (AvgIpc) is 3.17. The Morgan fingerprint density at radius 2 is 2.04 bits per heavy atom. The number of carbonyl (C=O) groups is 2. The van der Waals surface area contributed by atoms with Crippen molar-refractivity contribution in [3.63, 3.8) is 0 Å². The van der Waals surface area contributed by atoms with Crippen LogP contribution in [-0.2, 0) is 12.8 Å². The lowest BCUT2D eigenvalue weighted by atomic mass is 9.95. The zero-order chi connectivity index (χ0) is 16.7. The van der Waals surface area contributed by atoms with Crippen molar-refractivity contribution >= 4 is 49.7 Å². The molecule has 2 amide bonds. The number of amides is 2. The molecule has 0 spiro atoms. The lowest BCUT2D eigenvalue weighted by Gasteiger charge is -2.11. The Morgan fingerprint density at radius 3 is 2.88 bits per heavy atom. The summed E-state index contributed by atoms with van der Waals surface area (Å²) in [5, 5.41) is 3.46. The number of hydrogen-bond acceptors (Lipinski definition) is 5. The van der Waals surface area contributed by atoms with Gasteiger partial charge in [-0.05, 0) is 49.4 Å². The molecule has 0 aliphatic heterocycles. The van der Waals surface area contributed by atoms with Gasteiger partial charge in [0, 0.05) is 10.4 Å². The van der Waals surface area contributed by atoms with Gasteiger partial charge in [0.2, 0.25) is 0 Å². The third kappa shape index (κ3) is 2.59. The molecule has 1 aliphatic rings. The lowest BCUT2D eigenvalue weighted by Crippen LogP contribution is -2.18.